The van der Waals surface area contributed by atoms with Crippen molar-refractivity contribution in [3.05, 3.63) is 71.8 Å². The van der Waals surface area contributed by atoms with Crippen molar-refractivity contribution in [3.63, 3.8) is 0 Å². The fourth-order valence-electron chi connectivity index (χ4n) is 4.23. The Hall–Kier alpha value is -2.62. The van der Waals surface area contributed by atoms with Crippen molar-refractivity contribution in [2.75, 3.05) is 0 Å². The molecular weight excluding hydrogens is 360 g/mol. The molecule has 2 N–H and O–H groups in total. The standard InChI is InChI=1S/C25H32N2O2/c1-18(2)26-25(29)21-14-9-15-22(16-21)27-24(28)17-23(19-10-5-3-6-11-19)20-12-7-4-8-13-20/h3-8,10-13,18,21-23H,9,14-17H2,1-2H3,(H,26,29)(H,27,28). The Kier molecular flexibility index (Phi) is 7.45. The summed E-state index contributed by atoms with van der Waals surface area (Å²) in [5, 5.41) is 6.22. The largest absolute Gasteiger partial charge is 0.354 e. The lowest BCUT2D eigenvalue weighted by Crippen LogP contribution is -2.44. The van der Waals surface area contributed by atoms with Crippen LogP contribution in [0.5, 0.6) is 0 Å². The summed E-state index contributed by atoms with van der Waals surface area (Å²) in [5.41, 5.74) is 2.29. The van der Waals surface area contributed by atoms with Gasteiger partial charge in [-0.15, -0.1) is 0 Å². The zero-order valence-electron chi connectivity index (χ0n) is 17.4. The molecule has 1 aliphatic rings. The van der Waals surface area contributed by atoms with Crippen LogP contribution in [0.2, 0.25) is 0 Å². The second-order valence-electron chi connectivity index (χ2n) is 8.37. The van der Waals surface area contributed by atoms with Crippen LogP contribution in [0.3, 0.4) is 0 Å². The zero-order valence-corrected chi connectivity index (χ0v) is 17.4. The highest BCUT2D eigenvalue weighted by Gasteiger charge is 2.29. The highest BCUT2D eigenvalue weighted by Crippen LogP contribution is 2.29. The van der Waals surface area contributed by atoms with Crippen LogP contribution in [0.4, 0.5) is 0 Å². The summed E-state index contributed by atoms with van der Waals surface area (Å²) >= 11 is 0. The molecule has 1 aliphatic carbocycles. The van der Waals surface area contributed by atoms with E-state index in [0.717, 1.165) is 36.8 Å². The molecule has 0 radical (unpaired) electrons. The Bertz CT molecular complexity index is 749. The molecule has 2 aromatic rings. The number of benzene rings is 2. The van der Waals surface area contributed by atoms with Crippen LogP contribution in [0, 0.1) is 5.92 Å². The van der Waals surface area contributed by atoms with Gasteiger partial charge >= 0.3 is 0 Å². The lowest BCUT2D eigenvalue weighted by molar-refractivity contribution is -0.128. The Morgan fingerprint density at radius 1 is 0.931 bits per heavy atom. The summed E-state index contributed by atoms with van der Waals surface area (Å²) in [6, 6.07) is 20.6. The maximum atomic E-state index is 12.9. The minimum absolute atomic E-state index is 0.00417. The Balaban J connectivity index is 1.64. The number of hydrogen-bond acceptors (Lipinski definition) is 2. The molecular formula is C25H32N2O2. The first-order chi connectivity index (χ1) is 14.0. The maximum Gasteiger partial charge on any atom is 0.223 e. The van der Waals surface area contributed by atoms with Crippen molar-refractivity contribution in [2.45, 2.75) is 64.0 Å². The fourth-order valence-corrected chi connectivity index (χ4v) is 4.23. The lowest BCUT2D eigenvalue weighted by Gasteiger charge is -2.30. The number of rotatable bonds is 7. The molecule has 2 aromatic carbocycles. The van der Waals surface area contributed by atoms with Crippen molar-refractivity contribution in [3.8, 4) is 0 Å². The highest BCUT2D eigenvalue weighted by atomic mass is 16.2. The van der Waals surface area contributed by atoms with Gasteiger partial charge in [0.25, 0.3) is 0 Å². The Morgan fingerprint density at radius 2 is 1.52 bits per heavy atom. The van der Waals surface area contributed by atoms with Gasteiger partial charge in [-0.3, -0.25) is 9.59 Å². The molecule has 0 bridgehead atoms. The molecule has 4 nitrogen and oxygen atoms in total. The van der Waals surface area contributed by atoms with Crippen LogP contribution in [-0.4, -0.2) is 23.9 Å². The van der Waals surface area contributed by atoms with Gasteiger partial charge in [0.15, 0.2) is 0 Å². The van der Waals surface area contributed by atoms with Gasteiger partial charge in [-0.1, -0.05) is 67.1 Å². The van der Waals surface area contributed by atoms with E-state index in [1.807, 2.05) is 50.2 Å². The zero-order chi connectivity index (χ0) is 20.6. The van der Waals surface area contributed by atoms with Crippen molar-refractivity contribution in [2.24, 2.45) is 5.92 Å². The van der Waals surface area contributed by atoms with Crippen molar-refractivity contribution >= 4 is 11.8 Å². The molecule has 4 heteroatoms. The van der Waals surface area contributed by atoms with Gasteiger partial charge in [0.1, 0.15) is 0 Å². The summed E-state index contributed by atoms with van der Waals surface area (Å²) in [4.78, 5) is 25.3. The van der Waals surface area contributed by atoms with E-state index in [9.17, 15) is 9.59 Å². The predicted molar refractivity (Wildman–Crippen MR) is 117 cm³/mol. The van der Waals surface area contributed by atoms with Crippen LogP contribution in [0.1, 0.15) is 63.0 Å². The third-order valence-electron chi connectivity index (χ3n) is 5.63. The van der Waals surface area contributed by atoms with E-state index in [4.69, 9.17) is 0 Å². The van der Waals surface area contributed by atoms with Crippen molar-refractivity contribution in [1.82, 2.24) is 10.6 Å². The molecule has 154 valence electrons. The molecule has 29 heavy (non-hydrogen) atoms. The van der Waals surface area contributed by atoms with Gasteiger partial charge in [0, 0.05) is 30.3 Å². The molecule has 1 fully saturated rings. The molecule has 0 aromatic heterocycles. The summed E-state index contributed by atoms with van der Waals surface area (Å²) in [5.74, 6) is 0.194. The molecule has 2 unspecified atom stereocenters. The van der Waals surface area contributed by atoms with Crippen LogP contribution in [-0.2, 0) is 9.59 Å². The van der Waals surface area contributed by atoms with Crippen molar-refractivity contribution in [1.29, 1.82) is 0 Å². The molecule has 1 saturated carbocycles. The van der Waals surface area contributed by atoms with Gasteiger partial charge in [-0.2, -0.15) is 0 Å². The van der Waals surface area contributed by atoms with Gasteiger partial charge < -0.3 is 10.6 Å². The van der Waals surface area contributed by atoms with Gasteiger partial charge in [-0.25, -0.2) is 0 Å². The highest BCUT2D eigenvalue weighted by molar-refractivity contribution is 5.80. The Labute approximate surface area is 174 Å². The SMILES string of the molecule is CC(C)NC(=O)C1CCCC(NC(=O)CC(c2ccccc2)c2ccccc2)C1. The summed E-state index contributed by atoms with van der Waals surface area (Å²) < 4.78 is 0. The normalized spacial score (nSPS) is 19.2. The maximum absolute atomic E-state index is 12.9. The molecule has 3 rings (SSSR count). The number of amides is 2. The van der Waals surface area contributed by atoms with Gasteiger partial charge in [-0.05, 0) is 44.2 Å². The van der Waals surface area contributed by atoms with Crippen molar-refractivity contribution < 1.29 is 9.59 Å². The number of carbonyl (C=O) groups excluding carboxylic acids is 2. The van der Waals surface area contributed by atoms with E-state index in [0.29, 0.717) is 6.42 Å². The minimum atomic E-state index is -0.00417. The van der Waals surface area contributed by atoms with Crippen LogP contribution in [0.15, 0.2) is 60.7 Å². The van der Waals surface area contributed by atoms with E-state index in [1.54, 1.807) is 0 Å². The van der Waals surface area contributed by atoms with E-state index in [1.165, 1.54) is 0 Å². The first-order valence-corrected chi connectivity index (χ1v) is 10.7. The van der Waals surface area contributed by atoms with E-state index in [-0.39, 0.29) is 35.7 Å². The summed E-state index contributed by atoms with van der Waals surface area (Å²) in [6.45, 7) is 3.96. The third-order valence-corrected chi connectivity index (χ3v) is 5.63. The van der Waals surface area contributed by atoms with Crippen LogP contribution < -0.4 is 10.6 Å². The molecule has 0 heterocycles. The minimum Gasteiger partial charge on any atom is -0.354 e. The smallest absolute Gasteiger partial charge is 0.223 e. The molecule has 0 saturated heterocycles. The average Bonchev–Trinajstić information content (AvgIpc) is 2.73. The first kappa shape index (κ1) is 21.1. The van der Waals surface area contributed by atoms with Crippen LogP contribution >= 0.6 is 0 Å². The molecule has 0 spiro atoms. The fraction of sp³-hybridized carbons (Fsp3) is 0.440. The number of hydrogen-bond donors (Lipinski definition) is 2. The molecule has 0 aliphatic heterocycles. The third kappa shape index (κ3) is 6.18. The van der Waals surface area contributed by atoms with Gasteiger partial charge in [0.05, 0.1) is 0 Å². The second-order valence-corrected chi connectivity index (χ2v) is 8.37. The summed E-state index contributed by atoms with van der Waals surface area (Å²) in [7, 11) is 0. The number of carbonyl (C=O) groups is 2. The molecule has 2 amide bonds. The van der Waals surface area contributed by atoms with E-state index in [2.05, 4.69) is 34.9 Å². The van der Waals surface area contributed by atoms with E-state index >= 15 is 0 Å². The molecule has 2 atom stereocenters. The van der Waals surface area contributed by atoms with Gasteiger partial charge in [0.2, 0.25) is 11.8 Å². The number of nitrogens with one attached hydrogen (secondary N) is 2. The van der Waals surface area contributed by atoms with E-state index < -0.39 is 0 Å². The quantitative estimate of drug-likeness (QED) is 0.733. The topological polar surface area (TPSA) is 58.2 Å². The van der Waals surface area contributed by atoms with Crippen LogP contribution in [0.25, 0.3) is 0 Å². The first-order valence-electron chi connectivity index (χ1n) is 10.7. The predicted octanol–water partition coefficient (Wildman–Crippen LogP) is 4.41. The Morgan fingerprint density at radius 3 is 2.07 bits per heavy atom. The average molecular weight is 393 g/mol. The lowest BCUT2D eigenvalue weighted by atomic mass is 9.84. The summed E-state index contributed by atoms with van der Waals surface area (Å²) in [6.07, 6.45) is 3.96. The second kappa shape index (κ2) is 10.2. The monoisotopic (exact) mass is 392 g/mol.